The van der Waals surface area contributed by atoms with Crippen LogP contribution in [0.2, 0.25) is 0 Å². The van der Waals surface area contributed by atoms with Gasteiger partial charge in [0.1, 0.15) is 18.1 Å². The summed E-state index contributed by atoms with van der Waals surface area (Å²) in [4.78, 5) is 24.8. The lowest BCUT2D eigenvalue weighted by atomic mass is 10.1. The van der Waals surface area contributed by atoms with Gasteiger partial charge < -0.3 is 20.6 Å². The van der Waals surface area contributed by atoms with Crippen LogP contribution in [-0.2, 0) is 11.4 Å². The van der Waals surface area contributed by atoms with Crippen LogP contribution in [0.4, 0.5) is 5.69 Å². The van der Waals surface area contributed by atoms with Crippen molar-refractivity contribution in [2.45, 2.75) is 13.5 Å². The second-order valence-corrected chi connectivity index (χ2v) is 7.91. The van der Waals surface area contributed by atoms with Crippen molar-refractivity contribution in [3.8, 4) is 11.5 Å². The van der Waals surface area contributed by atoms with Crippen molar-refractivity contribution in [3.05, 3.63) is 114 Å². The molecule has 0 atom stereocenters. The Balaban J connectivity index is 1.28. The van der Waals surface area contributed by atoms with Gasteiger partial charge in [0, 0.05) is 17.5 Å². The molecule has 7 nitrogen and oxygen atoms in total. The Morgan fingerprint density at radius 1 is 0.857 bits per heavy atom. The summed E-state index contributed by atoms with van der Waals surface area (Å²) in [5.74, 6) is -0.318. The fourth-order valence-corrected chi connectivity index (χ4v) is 3.42. The fourth-order valence-electron chi connectivity index (χ4n) is 3.42. The molecule has 4 N–H and O–H groups in total. The van der Waals surface area contributed by atoms with Crippen LogP contribution in [0.5, 0.6) is 11.5 Å². The number of benzene rings is 4. The van der Waals surface area contributed by atoms with Crippen LogP contribution in [-0.4, -0.2) is 16.9 Å². The molecule has 4 rings (SSSR count). The first-order valence-electron chi connectivity index (χ1n) is 11.0. The lowest BCUT2D eigenvalue weighted by Crippen LogP contribution is -2.36. The van der Waals surface area contributed by atoms with E-state index in [9.17, 15) is 14.7 Å². The van der Waals surface area contributed by atoms with Crippen molar-refractivity contribution in [3.63, 3.8) is 0 Å². The second kappa shape index (κ2) is 10.9. The minimum atomic E-state index is -0.521. The monoisotopic (exact) mass is 467 g/mol. The molecule has 35 heavy (non-hydrogen) atoms. The summed E-state index contributed by atoms with van der Waals surface area (Å²) in [5, 5.41) is 14.6. The van der Waals surface area contributed by atoms with Gasteiger partial charge in [0.2, 0.25) is 5.91 Å². The Labute approximate surface area is 203 Å². The third kappa shape index (κ3) is 6.39. The summed E-state index contributed by atoms with van der Waals surface area (Å²) in [6, 6.07) is 27.5. The number of amides is 2. The van der Waals surface area contributed by atoms with Gasteiger partial charge in [-0.3, -0.25) is 15.0 Å². The van der Waals surface area contributed by atoms with E-state index >= 15 is 0 Å². The number of fused-ring (bicyclic) bond motifs is 1. The minimum absolute atomic E-state index is 0.126. The Kier molecular flexibility index (Phi) is 7.28. The molecule has 2 amide bonds. The average molecular weight is 468 g/mol. The number of nitrogens with one attached hydrogen (secondary N) is 3. The fraction of sp³-hybridized carbons (Fsp3) is 0.0714. The number of phenolic OH excluding ortho intramolecular Hbond substituents is 1. The van der Waals surface area contributed by atoms with E-state index in [0.717, 1.165) is 16.3 Å². The highest BCUT2D eigenvalue weighted by atomic mass is 16.5. The zero-order valence-corrected chi connectivity index (χ0v) is 19.1. The summed E-state index contributed by atoms with van der Waals surface area (Å²) >= 11 is 0. The van der Waals surface area contributed by atoms with E-state index in [-0.39, 0.29) is 17.2 Å². The number of hydrogen-bond acceptors (Lipinski definition) is 5. The number of anilines is 1. The molecule has 0 unspecified atom stereocenters. The normalized spacial score (nSPS) is 11.1. The lowest BCUT2D eigenvalue weighted by Gasteiger charge is -2.11. The zero-order valence-electron chi connectivity index (χ0n) is 19.1. The van der Waals surface area contributed by atoms with Gasteiger partial charge in [0.15, 0.2) is 0 Å². The van der Waals surface area contributed by atoms with E-state index in [2.05, 4.69) is 16.2 Å². The summed E-state index contributed by atoms with van der Waals surface area (Å²) in [6.45, 7) is 2.10. The molecular weight excluding hydrogens is 442 g/mol. The summed E-state index contributed by atoms with van der Waals surface area (Å²) in [6.07, 6.45) is 1.32. The van der Waals surface area contributed by atoms with Crippen molar-refractivity contribution >= 4 is 28.3 Å². The van der Waals surface area contributed by atoms with Crippen LogP contribution < -0.4 is 20.9 Å². The number of ether oxygens (including phenoxy) is 1. The maximum absolute atomic E-state index is 12.5. The van der Waals surface area contributed by atoms with Gasteiger partial charge in [-0.05, 0) is 59.7 Å². The van der Waals surface area contributed by atoms with Gasteiger partial charge >= 0.3 is 0 Å². The third-order valence-corrected chi connectivity index (χ3v) is 5.20. The predicted octanol–water partition coefficient (Wildman–Crippen LogP) is 4.90. The molecule has 4 aromatic carbocycles. The molecular formula is C28H25N3O4. The molecule has 0 heterocycles. The Morgan fingerprint density at radius 2 is 1.51 bits per heavy atom. The topological polar surface area (TPSA) is 99.7 Å². The molecule has 0 aromatic heterocycles. The average Bonchev–Trinajstić information content (AvgIpc) is 2.87. The molecule has 0 spiro atoms. The first kappa shape index (κ1) is 23.4. The number of hydrogen-bond donors (Lipinski definition) is 4. The maximum Gasteiger partial charge on any atom is 0.273 e. The number of rotatable bonds is 8. The number of carbonyl (C=O) groups excluding carboxylic acids is 2. The van der Waals surface area contributed by atoms with Gasteiger partial charge in [-0.15, -0.1) is 0 Å². The smallest absolute Gasteiger partial charge is 0.273 e. The van der Waals surface area contributed by atoms with Gasteiger partial charge in [0.25, 0.3) is 5.91 Å². The van der Waals surface area contributed by atoms with E-state index in [0.29, 0.717) is 23.7 Å². The van der Waals surface area contributed by atoms with Crippen LogP contribution >= 0.6 is 0 Å². The molecule has 4 aromatic rings. The van der Waals surface area contributed by atoms with Gasteiger partial charge in [0.05, 0.1) is 5.56 Å². The maximum atomic E-state index is 12.5. The standard InChI is InChI=1S/C28H25N3O4/c1-19(30-31-28(34)25-16-21-9-5-6-10-22(21)17-26(25)32)15-27(33)29-23-11-13-24(14-12-23)35-18-20-7-3-2-4-8-20/h2-17,30,32H,18H2,1H3,(H,29,33)(H,31,34)/b19-15-. The molecule has 0 saturated carbocycles. The molecule has 0 aliphatic carbocycles. The van der Waals surface area contributed by atoms with Crippen molar-refractivity contribution < 1.29 is 19.4 Å². The molecule has 0 aliphatic heterocycles. The quantitative estimate of drug-likeness (QED) is 0.218. The van der Waals surface area contributed by atoms with Crippen LogP contribution in [0.3, 0.4) is 0 Å². The molecule has 0 bridgehead atoms. The van der Waals surface area contributed by atoms with E-state index in [1.807, 2.05) is 54.6 Å². The minimum Gasteiger partial charge on any atom is -0.507 e. The van der Waals surface area contributed by atoms with Crippen LogP contribution in [0.25, 0.3) is 10.8 Å². The third-order valence-electron chi connectivity index (χ3n) is 5.20. The number of hydrazine groups is 1. The van der Waals surface area contributed by atoms with Crippen LogP contribution in [0.1, 0.15) is 22.8 Å². The summed E-state index contributed by atoms with van der Waals surface area (Å²) < 4.78 is 5.75. The predicted molar refractivity (Wildman–Crippen MR) is 136 cm³/mol. The molecule has 176 valence electrons. The second-order valence-electron chi connectivity index (χ2n) is 7.91. The van der Waals surface area contributed by atoms with Crippen LogP contribution in [0, 0.1) is 0 Å². The van der Waals surface area contributed by atoms with E-state index in [1.165, 1.54) is 6.08 Å². The SMILES string of the molecule is C/C(=C/C(=O)Nc1ccc(OCc2ccccc2)cc1)NNC(=O)c1cc2ccccc2cc1O. The highest BCUT2D eigenvalue weighted by Gasteiger charge is 2.12. The zero-order chi connectivity index (χ0) is 24.6. The van der Waals surface area contributed by atoms with Crippen LogP contribution in [0.15, 0.2) is 103 Å². The first-order chi connectivity index (χ1) is 17.0. The van der Waals surface area contributed by atoms with E-state index < -0.39 is 5.91 Å². The van der Waals surface area contributed by atoms with Crippen molar-refractivity contribution in [2.24, 2.45) is 0 Å². The van der Waals surface area contributed by atoms with Crippen molar-refractivity contribution in [2.75, 3.05) is 5.32 Å². The molecule has 0 fully saturated rings. The summed E-state index contributed by atoms with van der Waals surface area (Å²) in [5.41, 5.74) is 7.40. The molecule has 0 saturated heterocycles. The number of aromatic hydroxyl groups is 1. The van der Waals surface area contributed by atoms with Gasteiger partial charge in [-0.1, -0.05) is 54.6 Å². The number of allylic oxidation sites excluding steroid dienone is 1. The first-order valence-corrected chi connectivity index (χ1v) is 11.0. The molecule has 7 heteroatoms. The van der Waals surface area contributed by atoms with E-state index in [4.69, 9.17) is 4.74 Å². The Hall–Kier alpha value is -4.78. The summed E-state index contributed by atoms with van der Waals surface area (Å²) in [7, 11) is 0. The number of phenols is 1. The number of carbonyl (C=O) groups is 2. The van der Waals surface area contributed by atoms with E-state index in [1.54, 1.807) is 43.3 Å². The highest BCUT2D eigenvalue weighted by Crippen LogP contribution is 2.24. The molecule has 0 radical (unpaired) electrons. The van der Waals surface area contributed by atoms with Gasteiger partial charge in [-0.2, -0.15) is 0 Å². The van der Waals surface area contributed by atoms with Crippen molar-refractivity contribution in [1.82, 2.24) is 10.9 Å². The Bertz CT molecular complexity index is 1370. The van der Waals surface area contributed by atoms with Gasteiger partial charge in [-0.25, -0.2) is 0 Å². The van der Waals surface area contributed by atoms with Crippen molar-refractivity contribution in [1.29, 1.82) is 0 Å². The molecule has 0 aliphatic rings. The lowest BCUT2D eigenvalue weighted by molar-refractivity contribution is -0.112. The Morgan fingerprint density at radius 3 is 2.23 bits per heavy atom. The highest BCUT2D eigenvalue weighted by molar-refractivity contribution is 6.02. The largest absolute Gasteiger partial charge is 0.507 e.